The summed E-state index contributed by atoms with van der Waals surface area (Å²) in [7, 11) is 2.98. The molecule has 7 nitrogen and oxygen atoms in total. The van der Waals surface area contributed by atoms with Crippen LogP contribution in [-0.2, 0) is 20.6 Å². The van der Waals surface area contributed by atoms with E-state index in [1.807, 2.05) is 0 Å². The lowest BCUT2D eigenvalue weighted by molar-refractivity contribution is 0.369. The Labute approximate surface area is 153 Å². The van der Waals surface area contributed by atoms with Gasteiger partial charge in [-0.15, -0.1) is 0 Å². The lowest BCUT2D eigenvalue weighted by Gasteiger charge is -2.16. The number of aryl methyl sites for hydroxylation is 2. The molecule has 1 unspecified atom stereocenters. The van der Waals surface area contributed by atoms with E-state index in [9.17, 15) is 18.4 Å². The summed E-state index contributed by atoms with van der Waals surface area (Å²) in [6.07, 6.45) is 2.08. The van der Waals surface area contributed by atoms with E-state index in [4.69, 9.17) is 0 Å². The SMILES string of the molecule is Cn1c(=O)c2c(ncn2CCCNC(CF)c2ccccc2F)n(C)c1=O. The number of halogens is 2. The van der Waals surface area contributed by atoms with Gasteiger partial charge in [-0.25, -0.2) is 18.6 Å². The van der Waals surface area contributed by atoms with Gasteiger partial charge in [0, 0.05) is 26.2 Å². The molecule has 2 aromatic heterocycles. The average molecular weight is 377 g/mol. The molecule has 0 saturated heterocycles. The Morgan fingerprint density at radius 3 is 2.63 bits per heavy atom. The second-order valence-corrected chi connectivity index (χ2v) is 6.35. The van der Waals surface area contributed by atoms with Crippen molar-refractivity contribution >= 4 is 11.2 Å². The lowest BCUT2D eigenvalue weighted by Crippen LogP contribution is -2.37. The van der Waals surface area contributed by atoms with Gasteiger partial charge in [0.1, 0.15) is 12.5 Å². The van der Waals surface area contributed by atoms with Crippen molar-refractivity contribution in [2.45, 2.75) is 19.0 Å². The summed E-state index contributed by atoms with van der Waals surface area (Å²) in [5, 5.41) is 3.00. The highest BCUT2D eigenvalue weighted by molar-refractivity contribution is 5.69. The number of hydrogen-bond acceptors (Lipinski definition) is 4. The number of nitrogens with one attached hydrogen (secondary N) is 1. The molecule has 0 bridgehead atoms. The summed E-state index contributed by atoms with van der Waals surface area (Å²) in [5.74, 6) is -0.447. The van der Waals surface area contributed by atoms with E-state index in [-0.39, 0.29) is 5.56 Å². The predicted molar refractivity (Wildman–Crippen MR) is 98.0 cm³/mol. The third-order valence-electron chi connectivity index (χ3n) is 4.62. The van der Waals surface area contributed by atoms with E-state index in [1.54, 1.807) is 29.8 Å². The molecule has 0 saturated carbocycles. The highest BCUT2D eigenvalue weighted by Crippen LogP contribution is 2.17. The maximum atomic E-state index is 13.8. The van der Waals surface area contributed by atoms with E-state index in [0.29, 0.717) is 30.7 Å². The van der Waals surface area contributed by atoms with E-state index < -0.39 is 29.8 Å². The van der Waals surface area contributed by atoms with Crippen LogP contribution < -0.4 is 16.6 Å². The monoisotopic (exact) mass is 377 g/mol. The number of nitrogens with zero attached hydrogens (tertiary/aromatic N) is 4. The van der Waals surface area contributed by atoms with Gasteiger partial charge >= 0.3 is 5.69 Å². The Morgan fingerprint density at radius 2 is 1.93 bits per heavy atom. The largest absolute Gasteiger partial charge is 0.332 e. The zero-order valence-corrected chi connectivity index (χ0v) is 15.2. The summed E-state index contributed by atoms with van der Waals surface area (Å²) >= 11 is 0. The van der Waals surface area contributed by atoms with Gasteiger partial charge in [-0.1, -0.05) is 18.2 Å². The molecule has 1 aromatic carbocycles. The summed E-state index contributed by atoms with van der Waals surface area (Å²) in [5.41, 5.74) is 0.110. The molecule has 27 heavy (non-hydrogen) atoms. The van der Waals surface area contributed by atoms with Crippen LogP contribution in [-0.4, -0.2) is 31.9 Å². The van der Waals surface area contributed by atoms with Crippen LogP contribution in [0.25, 0.3) is 11.2 Å². The molecular formula is C18H21F2N5O2. The molecule has 0 amide bonds. The number of rotatable bonds is 7. The molecule has 144 valence electrons. The van der Waals surface area contributed by atoms with E-state index >= 15 is 0 Å². The van der Waals surface area contributed by atoms with E-state index in [1.165, 1.54) is 24.0 Å². The number of imidazole rings is 1. The Hall–Kier alpha value is -2.81. The van der Waals surface area contributed by atoms with Crippen molar-refractivity contribution in [1.29, 1.82) is 0 Å². The van der Waals surface area contributed by atoms with Crippen molar-refractivity contribution in [3.05, 3.63) is 62.8 Å². The van der Waals surface area contributed by atoms with Gasteiger partial charge in [0.05, 0.1) is 12.4 Å². The first-order valence-electron chi connectivity index (χ1n) is 8.60. The first-order valence-corrected chi connectivity index (χ1v) is 8.60. The molecule has 0 aliphatic rings. The van der Waals surface area contributed by atoms with Gasteiger partial charge in [-0.2, -0.15) is 0 Å². The van der Waals surface area contributed by atoms with Gasteiger partial charge < -0.3 is 9.88 Å². The van der Waals surface area contributed by atoms with E-state index in [0.717, 1.165) is 4.57 Å². The molecule has 3 aromatic rings. The van der Waals surface area contributed by atoms with Gasteiger partial charge in [-0.05, 0) is 19.0 Å². The number of alkyl halides is 1. The van der Waals surface area contributed by atoms with Crippen molar-refractivity contribution in [3.63, 3.8) is 0 Å². The smallest absolute Gasteiger partial charge is 0.325 e. The number of fused-ring (bicyclic) bond motifs is 1. The first kappa shape index (κ1) is 19.0. The Morgan fingerprint density at radius 1 is 1.19 bits per heavy atom. The minimum atomic E-state index is -0.725. The van der Waals surface area contributed by atoms with Crippen LogP contribution in [0.15, 0.2) is 40.2 Å². The van der Waals surface area contributed by atoms with Crippen molar-refractivity contribution in [1.82, 2.24) is 24.0 Å². The maximum Gasteiger partial charge on any atom is 0.332 e. The molecule has 0 radical (unpaired) electrons. The summed E-state index contributed by atoms with van der Waals surface area (Å²) < 4.78 is 31.1. The van der Waals surface area contributed by atoms with Crippen LogP contribution in [0.2, 0.25) is 0 Å². The lowest BCUT2D eigenvalue weighted by atomic mass is 10.1. The minimum Gasteiger partial charge on any atom is -0.325 e. The Balaban J connectivity index is 1.70. The second kappa shape index (κ2) is 7.83. The number of aromatic nitrogens is 4. The van der Waals surface area contributed by atoms with Gasteiger partial charge in [-0.3, -0.25) is 13.9 Å². The van der Waals surface area contributed by atoms with Crippen LogP contribution in [0.5, 0.6) is 0 Å². The molecule has 0 aliphatic carbocycles. The summed E-state index contributed by atoms with van der Waals surface area (Å²) in [6.45, 7) is 0.152. The highest BCUT2D eigenvalue weighted by atomic mass is 19.1. The van der Waals surface area contributed by atoms with Crippen LogP contribution in [0, 0.1) is 5.82 Å². The number of benzene rings is 1. The quantitative estimate of drug-likeness (QED) is 0.629. The van der Waals surface area contributed by atoms with Gasteiger partial charge in [0.2, 0.25) is 0 Å². The third-order valence-corrected chi connectivity index (χ3v) is 4.62. The average Bonchev–Trinajstić information content (AvgIpc) is 3.10. The molecule has 1 atom stereocenters. The fraction of sp³-hybridized carbons (Fsp3) is 0.389. The standard InChI is InChI=1S/C18H21F2N5O2/c1-23-16-15(17(26)24(2)18(23)27)25(11-22-16)9-5-8-21-14(10-19)12-6-3-4-7-13(12)20/h3-4,6-7,11,14,21H,5,8-10H2,1-2H3. The fourth-order valence-electron chi connectivity index (χ4n) is 3.10. The van der Waals surface area contributed by atoms with Crippen molar-refractivity contribution in [3.8, 4) is 0 Å². The summed E-state index contributed by atoms with van der Waals surface area (Å²) in [6, 6.07) is 5.36. The Kier molecular flexibility index (Phi) is 5.50. The van der Waals surface area contributed by atoms with Gasteiger partial charge in [0.15, 0.2) is 11.2 Å². The molecule has 9 heteroatoms. The van der Waals surface area contributed by atoms with Crippen LogP contribution in [0.4, 0.5) is 8.78 Å². The van der Waals surface area contributed by atoms with Crippen molar-refractivity contribution in [2.75, 3.05) is 13.2 Å². The van der Waals surface area contributed by atoms with Crippen LogP contribution in [0.3, 0.4) is 0 Å². The normalized spacial score (nSPS) is 12.6. The zero-order chi connectivity index (χ0) is 19.6. The fourth-order valence-corrected chi connectivity index (χ4v) is 3.10. The molecule has 0 aliphatic heterocycles. The van der Waals surface area contributed by atoms with Crippen LogP contribution in [0.1, 0.15) is 18.0 Å². The topological polar surface area (TPSA) is 73.8 Å². The van der Waals surface area contributed by atoms with Crippen molar-refractivity contribution in [2.24, 2.45) is 14.1 Å². The number of hydrogen-bond donors (Lipinski definition) is 1. The summed E-state index contributed by atoms with van der Waals surface area (Å²) in [4.78, 5) is 28.5. The third kappa shape index (κ3) is 3.55. The molecule has 0 fully saturated rings. The Bertz CT molecular complexity index is 1070. The molecule has 3 rings (SSSR count). The minimum absolute atomic E-state index is 0.289. The molecule has 1 N–H and O–H groups in total. The molecular weight excluding hydrogens is 356 g/mol. The second-order valence-electron chi connectivity index (χ2n) is 6.35. The molecule has 2 heterocycles. The zero-order valence-electron chi connectivity index (χ0n) is 15.2. The first-order chi connectivity index (χ1) is 13.0. The maximum absolute atomic E-state index is 13.8. The van der Waals surface area contributed by atoms with Crippen molar-refractivity contribution < 1.29 is 8.78 Å². The highest BCUT2D eigenvalue weighted by Gasteiger charge is 2.16. The van der Waals surface area contributed by atoms with Gasteiger partial charge in [0.25, 0.3) is 5.56 Å². The molecule has 0 spiro atoms. The van der Waals surface area contributed by atoms with E-state index in [2.05, 4.69) is 10.3 Å². The van der Waals surface area contributed by atoms with Crippen LogP contribution >= 0.6 is 0 Å². The predicted octanol–water partition coefficient (Wildman–Crippen LogP) is 1.26.